The van der Waals surface area contributed by atoms with Gasteiger partial charge in [0.2, 0.25) is 0 Å². The van der Waals surface area contributed by atoms with Crippen molar-refractivity contribution >= 4 is 11.0 Å². The first-order valence-electron chi connectivity index (χ1n) is 5.47. The molecule has 0 aliphatic rings. The van der Waals surface area contributed by atoms with Gasteiger partial charge in [0.05, 0.1) is 12.9 Å². The molecule has 0 atom stereocenters. The predicted octanol–water partition coefficient (Wildman–Crippen LogP) is 3.61. The van der Waals surface area contributed by atoms with Gasteiger partial charge in [0.15, 0.2) is 0 Å². The van der Waals surface area contributed by atoms with E-state index in [2.05, 4.69) is 0 Å². The summed E-state index contributed by atoms with van der Waals surface area (Å²) in [6.45, 7) is 0.140. The van der Waals surface area contributed by atoms with Gasteiger partial charge in [-0.2, -0.15) is 0 Å². The minimum absolute atomic E-state index is 0.140. The van der Waals surface area contributed by atoms with E-state index in [-0.39, 0.29) is 6.61 Å². The van der Waals surface area contributed by atoms with Crippen LogP contribution in [0.15, 0.2) is 71.3 Å². The molecule has 86 valence electrons. The molecule has 0 bridgehead atoms. The predicted molar refractivity (Wildman–Crippen MR) is 68.6 cm³/mol. The van der Waals surface area contributed by atoms with Gasteiger partial charge in [0.1, 0.15) is 5.58 Å². The van der Waals surface area contributed by atoms with Crippen LogP contribution in [-0.2, 0) is 6.61 Å². The van der Waals surface area contributed by atoms with Crippen LogP contribution >= 0.6 is 0 Å². The summed E-state index contributed by atoms with van der Waals surface area (Å²) >= 11 is 0. The molecule has 3 aromatic rings. The van der Waals surface area contributed by atoms with Crippen LogP contribution in [0.25, 0.3) is 11.0 Å². The summed E-state index contributed by atoms with van der Waals surface area (Å²) in [6, 6.07) is 19.4. The standard InChI is InChI=1S/C8H6O.C7H8O/c1-2-4-8-7(3-1)5-6-9-8;8-6-7-4-2-1-3-5-7/h1-6H;1-5,8H,6H2. The fourth-order valence-electron chi connectivity index (χ4n) is 1.49. The van der Waals surface area contributed by atoms with Gasteiger partial charge in [-0.05, 0) is 17.7 Å². The Morgan fingerprint density at radius 1 is 0.824 bits per heavy atom. The third kappa shape index (κ3) is 3.20. The van der Waals surface area contributed by atoms with Gasteiger partial charge in [-0.15, -0.1) is 0 Å². The molecule has 2 heteroatoms. The number of furan rings is 1. The Hall–Kier alpha value is -2.06. The van der Waals surface area contributed by atoms with Crippen molar-refractivity contribution in [3.63, 3.8) is 0 Å². The molecule has 1 N–H and O–H groups in total. The number of aliphatic hydroxyl groups excluding tert-OH is 1. The van der Waals surface area contributed by atoms with E-state index in [4.69, 9.17) is 9.52 Å². The molecule has 0 fully saturated rings. The van der Waals surface area contributed by atoms with Gasteiger partial charge in [-0.25, -0.2) is 0 Å². The zero-order valence-electron chi connectivity index (χ0n) is 9.41. The summed E-state index contributed by atoms with van der Waals surface area (Å²) in [5, 5.41) is 9.70. The summed E-state index contributed by atoms with van der Waals surface area (Å²) in [6.07, 6.45) is 1.70. The first-order chi connectivity index (χ1) is 8.40. The van der Waals surface area contributed by atoms with Crippen molar-refractivity contribution in [1.29, 1.82) is 0 Å². The highest BCUT2D eigenvalue weighted by Gasteiger charge is 1.89. The van der Waals surface area contributed by atoms with Gasteiger partial charge < -0.3 is 9.52 Å². The summed E-state index contributed by atoms with van der Waals surface area (Å²) in [7, 11) is 0. The van der Waals surface area contributed by atoms with Gasteiger partial charge in [-0.3, -0.25) is 0 Å². The van der Waals surface area contributed by atoms with E-state index < -0.39 is 0 Å². The van der Waals surface area contributed by atoms with Gasteiger partial charge >= 0.3 is 0 Å². The quantitative estimate of drug-likeness (QED) is 0.687. The van der Waals surface area contributed by atoms with Crippen LogP contribution in [-0.4, -0.2) is 5.11 Å². The second-order valence-electron chi connectivity index (χ2n) is 3.60. The lowest BCUT2D eigenvalue weighted by Crippen LogP contribution is -1.77. The highest BCUT2D eigenvalue weighted by atomic mass is 16.3. The minimum Gasteiger partial charge on any atom is -0.464 e. The maximum absolute atomic E-state index is 8.54. The third-order valence-corrected chi connectivity index (χ3v) is 2.39. The van der Waals surface area contributed by atoms with Crippen molar-refractivity contribution in [3.05, 3.63) is 72.5 Å². The Bertz CT molecular complexity index is 525. The molecule has 0 saturated heterocycles. The van der Waals surface area contributed by atoms with Crippen molar-refractivity contribution < 1.29 is 9.52 Å². The van der Waals surface area contributed by atoms with Gasteiger partial charge in [-0.1, -0.05) is 48.5 Å². The van der Waals surface area contributed by atoms with Crippen LogP contribution < -0.4 is 0 Å². The van der Waals surface area contributed by atoms with Crippen molar-refractivity contribution in [2.75, 3.05) is 0 Å². The SMILES string of the molecule is OCc1ccccc1.c1ccc2occc2c1. The number of benzene rings is 2. The normalized spacial score (nSPS) is 9.71. The van der Waals surface area contributed by atoms with Crippen LogP contribution in [0.4, 0.5) is 0 Å². The Labute approximate surface area is 100 Å². The highest BCUT2D eigenvalue weighted by molar-refractivity contribution is 5.76. The fourth-order valence-corrected chi connectivity index (χ4v) is 1.49. The highest BCUT2D eigenvalue weighted by Crippen LogP contribution is 2.12. The number of para-hydroxylation sites is 1. The topological polar surface area (TPSA) is 33.4 Å². The lowest BCUT2D eigenvalue weighted by atomic mass is 10.2. The number of aliphatic hydroxyl groups is 1. The summed E-state index contributed by atoms with van der Waals surface area (Å²) < 4.78 is 5.12. The maximum atomic E-state index is 8.54. The van der Waals surface area contributed by atoms with E-state index in [0.29, 0.717) is 0 Å². The Morgan fingerprint density at radius 2 is 1.53 bits per heavy atom. The van der Waals surface area contributed by atoms with E-state index >= 15 is 0 Å². The Kier molecular flexibility index (Phi) is 3.95. The Morgan fingerprint density at radius 3 is 2.18 bits per heavy atom. The lowest BCUT2D eigenvalue weighted by Gasteiger charge is -1.89. The van der Waals surface area contributed by atoms with Crippen molar-refractivity contribution in [2.45, 2.75) is 6.61 Å². The fraction of sp³-hybridized carbons (Fsp3) is 0.0667. The summed E-state index contributed by atoms with van der Waals surface area (Å²) in [4.78, 5) is 0. The molecule has 1 aromatic heterocycles. The molecule has 0 radical (unpaired) electrons. The molecule has 2 aromatic carbocycles. The molecule has 1 heterocycles. The number of rotatable bonds is 1. The maximum Gasteiger partial charge on any atom is 0.133 e. The molecule has 3 rings (SSSR count). The first-order valence-corrected chi connectivity index (χ1v) is 5.47. The molecule has 2 nitrogen and oxygen atoms in total. The van der Waals surface area contributed by atoms with Crippen LogP contribution in [0.2, 0.25) is 0 Å². The second-order valence-corrected chi connectivity index (χ2v) is 3.60. The average molecular weight is 226 g/mol. The van der Waals surface area contributed by atoms with Gasteiger partial charge in [0.25, 0.3) is 0 Å². The van der Waals surface area contributed by atoms with Crippen molar-refractivity contribution in [1.82, 2.24) is 0 Å². The molecule has 0 aliphatic carbocycles. The molecule has 17 heavy (non-hydrogen) atoms. The van der Waals surface area contributed by atoms with Crippen LogP contribution in [0.3, 0.4) is 0 Å². The molecular weight excluding hydrogens is 212 g/mol. The van der Waals surface area contributed by atoms with Gasteiger partial charge in [0, 0.05) is 5.39 Å². The van der Waals surface area contributed by atoms with Crippen molar-refractivity contribution in [3.8, 4) is 0 Å². The first kappa shape index (κ1) is 11.4. The van der Waals surface area contributed by atoms with Crippen LogP contribution in [0.5, 0.6) is 0 Å². The molecule has 0 aliphatic heterocycles. The van der Waals surface area contributed by atoms with E-state index in [1.54, 1.807) is 6.26 Å². The zero-order valence-corrected chi connectivity index (χ0v) is 9.41. The molecule has 0 spiro atoms. The van der Waals surface area contributed by atoms with Crippen LogP contribution in [0, 0.1) is 0 Å². The number of fused-ring (bicyclic) bond motifs is 1. The summed E-state index contributed by atoms with van der Waals surface area (Å²) in [5.41, 5.74) is 1.92. The molecule has 0 saturated carbocycles. The van der Waals surface area contributed by atoms with E-state index in [1.807, 2.05) is 60.7 Å². The molecule has 0 unspecified atom stereocenters. The molecule has 0 amide bonds. The Balaban J connectivity index is 0.000000128. The number of hydrogen-bond donors (Lipinski definition) is 1. The largest absolute Gasteiger partial charge is 0.464 e. The second kappa shape index (κ2) is 5.87. The summed E-state index contributed by atoms with van der Waals surface area (Å²) in [5.74, 6) is 0. The average Bonchev–Trinajstić information content (AvgIpc) is 2.89. The van der Waals surface area contributed by atoms with E-state index in [0.717, 1.165) is 16.5 Å². The van der Waals surface area contributed by atoms with Crippen molar-refractivity contribution in [2.24, 2.45) is 0 Å². The smallest absolute Gasteiger partial charge is 0.133 e. The monoisotopic (exact) mass is 226 g/mol. The third-order valence-electron chi connectivity index (χ3n) is 2.39. The molecular formula is C15H14O2. The number of hydrogen-bond acceptors (Lipinski definition) is 2. The van der Waals surface area contributed by atoms with Crippen LogP contribution in [0.1, 0.15) is 5.56 Å². The minimum atomic E-state index is 0.140. The lowest BCUT2D eigenvalue weighted by molar-refractivity contribution is 0.282. The van der Waals surface area contributed by atoms with E-state index in [9.17, 15) is 0 Å². The van der Waals surface area contributed by atoms with E-state index in [1.165, 1.54) is 0 Å². The zero-order chi connectivity index (χ0) is 11.9.